The first-order valence-corrected chi connectivity index (χ1v) is 3.34. The summed E-state index contributed by atoms with van der Waals surface area (Å²) in [5, 5.41) is 26.5. The van der Waals surface area contributed by atoms with Gasteiger partial charge in [-0.2, -0.15) is 0 Å². The van der Waals surface area contributed by atoms with E-state index < -0.39 is 10.8 Å². The first-order chi connectivity index (χ1) is 6.02. The van der Waals surface area contributed by atoms with Gasteiger partial charge in [0.2, 0.25) is 0 Å². The van der Waals surface area contributed by atoms with Crippen molar-refractivity contribution in [2.24, 2.45) is 5.73 Å². The van der Waals surface area contributed by atoms with Crippen molar-refractivity contribution in [2.45, 2.75) is 0 Å². The number of nitrogens with two attached hydrogens (primary N) is 1. The van der Waals surface area contributed by atoms with Gasteiger partial charge in [0.15, 0.2) is 0 Å². The highest BCUT2D eigenvalue weighted by atomic mass is 16.6. The summed E-state index contributed by atoms with van der Waals surface area (Å²) in [7, 11) is 0. The first kappa shape index (κ1) is 8.98. The Hall–Kier alpha value is -2.11. The van der Waals surface area contributed by atoms with Crippen LogP contribution in [0.25, 0.3) is 0 Å². The molecule has 68 valence electrons. The van der Waals surface area contributed by atoms with Crippen molar-refractivity contribution in [3.05, 3.63) is 33.9 Å². The molecule has 1 rings (SSSR count). The predicted molar refractivity (Wildman–Crippen MR) is 45.8 cm³/mol. The maximum absolute atomic E-state index is 10.3. The topological polar surface area (TPSA) is 113 Å². The van der Waals surface area contributed by atoms with Crippen molar-refractivity contribution in [3.63, 3.8) is 0 Å². The third-order valence-corrected chi connectivity index (χ3v) is 1.48. The molecule has 0 bridgehead atoms. The van der Waals surface area contributed by atoms with Crippen molar-refractivity contribution >= 4 is 11.5 Å². The third-order valence-electron chi connectivity index (χ3n) is 1.48. The van der Waals surface area contributed by atoms with Gasteiger partial charge in [0.05, 0.1) is 10.5 Å². The number of nitrogens with one attached hydrogen (secondary N) is 1. The molecule has 0 radical (unpaired) electrons. The van der Waals surface area contributed by atoms with Gasteiger partial charge in [-0.15, -0.1) is 0 Å². The van der Waals surface area contributed by atoms with Gasteiger partial charge in [-0.3, -0.25) is 15.5 Å². The zero-order valence-corrected chi connectivity index (χ0v) is 6.52. The van der Waals surface area contributed by atoms with Crippen molar-refractivity contribution in [1.29, 1.82) is 5.41 Å². The Morgan fingerprint density at radius 3 is 2.69 bits per heavy atom. The lowest BCUT2D eigenvalue weighted by Crippen LogP contribution is -2.11. The molecule has 0 amide bonds. The number of hydrogen-bond donors (Lipinski definition) is 3. The van der Waals surface area contributed by atoms with Crippen LogP contribution in [-0.2, 0) is 0 Å². The molecular weight excluding hydrogens is 174 g/mol. The molecule has 0 saturated heterocycles. The molecule has 4 N–H and O–H groups in total. The maximum Gasteiger partial charge on any atom is 0.270 e. The highest BCUT2D eigenvalue weighted by Crippen LogP contribution is 2.21. The van der Waals surface area contributed by atoms with Crippen LogP contribution >= 0.6 is 0 Å². The highest BCUT2D eigenvalue weighted by molar-refractivity contribution is 5.98. The summed E-state index contributed by atoms with van der Waals surface area (Å²) in [6, 6.07) is 3.33. The first-order valence-electron chi connectivity index (χ1n) is 3.34. The quantitative estimate of drug-likeness (QED) is 0.268. The Balaban J connectivity index is 3.27. The summed E-state index contributed by atoms with van der Waals surface area (Å²) < 4.78 is 0. The number of non-ortho nitro benzene ring substituents is 1. The highest BCUT2D eigenvalue weighted by Gasteiger charge is 2.11. The largest absolute Gasteiger partial charge is 0.507 e. The lowest BCUT2D eigenvalue weighted by molar-refractivity contribution is -0.384. The minimum absolute atomic E-state index is 0.0331. The number of nitrogen functional groups attached to an aromatic ring is 1. The Morgan fingerprint density at radius 1 is 1.62 bits per heavy atom. The number of phenolic OH excluding ortho intramolecular Hbond substituents is 1. The van der Waals surface area contributed by atoms with E-state index in [0.29, 0.717) is 0 Å². The number of aromatic hydroxyl groups is 1. The standard InChI is InChI=1S/C7H7N3O3/c8-7(9)5-3-4(10(12)13)1-2-6(5)11/h1-3,11H,(H3,8,9). The minimum Gasteiger partial charge on any atom is -0.507 e. The molecule has 1 aromatic carbocycles. The summed E-state index contributed by atoms with van der Waals surface area (Å²) in [4.78, 5) is 9.68. The van der Waals surface area contributed by atoms with Gasteiger partial charge in [-0.1, -0.05) is 0 Å². The van der Waals surface area contributed by atoms with Crippen LogP contribution in [0.5, 0.6) is 5.75 Å². The number of nitro groups is 1. The van der Waals surface area contributed by atoms with Gasteiger partial charge in [-0.25, -0.2) is 0 Å². The molecule has 6 nitrogen and oxygen atoms in total. The lowest BCUT2D eigenvalue weighted by atomic mass is 10.1. The van der Waals surface area contributed by atoms with E-state index >= 15 is 0 Å². The van der Waals surface area contributed by atoms with E-state index in [9.17, 15) is 10.1 Å². The van der Waals surface area contributed by atoms with E-state index in [2.05, 4.69) is 0 Å². The molecule has 0 aromatic heterocycles. The van der Waals surface area contributed by atoms with Gasteiger partial charge in [-0.05, 0) is 6.07 Å². The number of hydrogen-bond acceptors (Lipinski definition) is 4. The average molecular weight is 181 g/mol. The monoisotopic (exact) mass is 181 g/mol. The van der Waals surface area contributed by atoms with Crippen LogP contribution in [0.4, 0.5) is 5.69 Å². The Labute approximate surface area is 73.3 Å². The summed E-state index contributed by atoms with van der Waals surface area (Å²) in [5.74, 6) is -0.640. The number of benzene rings is 1. The van der Waals surface area contributed by atoms with Crippen LogP contribution < -0.4 is 5.73 Å². The molecule has 0 spiro atoms. The average Bonchev–Trinajstić information content (AvgIpc) is 2.04. The fraction of sp³-hybridized carbons (Fsp3) is 0. The molecular formula is C7H7N3O3. The summed E-state index contributed by atoms with van der Waals surface area (Å²) in [6.45, 7) is 0. The predicted octanol–water partition coefficient (Wildman–Crippen LogP) is 0.584. The number of phenols is 1. The van der Waals surface area contributed by atoms with Gasteiger partial charge >= 0.3 is 0 Å². The summed E-state index contributed by atoms with van der Waals surface area (Å²) in [6.07, 6.45) is 0. The zero-order chi connectivity index (χ0) is 10.0. The Morgan fingerprint density at radius 2 is 2.23 bits per heavy atom. The van der Waals surface area contributed by atoms with E-state index in [1.54, 1.807) is 0 Å². The van der Waals surface area contributed by atoms with Crippen LogP contribution in [0.3, 0.4) is 0 Å². The van der Waals surface area contributed by atoms with Gasteiger partial charge in [0, 0.05) is 12.1 Å². The molecule has 0 aliphatic rings. The number of nitro benzene ring substituents is 1. The van der Waals surface area contributed by atoms with Gasteiger partial charge in [0.25, 0.3) is 5.69 Å². The minimum atomic E-state index is -0.619. The fourth-order valence-electron chi connectivity index (χ4n) is 0.853. The van der Waals surface area contributed by atoms with Crippen molar-refractivity contribution in [2.75, 3.05) is 0 Å². The molecule has 6 heteroatoms. The van der Waals surface area contributed by atoms with Crippen molar-refractivity contribution in [1.82, 2.24) is 0 Å². The summed E-state index contributed by atoms with van der Waals surface area (Å²) >= 11 is 0. The van der Waals surface area contributed by atoms with E-state index in [0.717, 1.165) is 18.2 Å². The van der Waals surface area contributed by atoms with Crippen LogP contribution in [0.15, 0.2) is 18.2 Å². The normalized spacial score (nSPS) is 9.54. The van der Waals surface area contributed by atoms with Gasteiger partial charge < -0.3 is 10.8 Å². The van der Waals surface area contributed by atoms with Crippen LogP contribution in [0, 0.1) is 15.5 Å². The van der Waals surface area contributed by atoms with E-state index in [4.69, 9.17) is 16.2 Å². The van der Waals surface area contributed by atoms with E-state index in [1.807, 2.05) is 0 Å². The Bertz CT molecular complexity index is 375. The van der Waals surface area contributed by atoms with E-state index in [1.165, 1.54) is 0 Å². The second-order valence-electron chi connectivity index (χ2n) is 2.37. The molecule has 0 aliphatic heterocycles. The SMILES string of the molecule is N=C(N)c1cc([N+](=O)[O-])ccc1O. The summed E-state index contributed by atoms with van der Waals surface area (Å²) in [5.41, 5.74) is 4.85. The number of nitrogens with zero attached hydrogens (tertiary/aromatic N) is 1. The maximum atomic E-state index is 10.3. The number of rotatable bonds is 2. The van der Waals surface area contributed by atoms with Crippen LogP contribution in [0.2, 0.25) is 0 Å². The van der Waals surface area contributed by atoms with Crippen LogP contribution in [-0.4, -0.2) is 15.9 Å². The zero-order valence-electron chi connectivity index (χ0n) is 6.52. The lowest BCUT2D eigenvalue weighted by Gasteiger charge is -2.00. The molecule has 0 fully saturated rings. The fourth-order valence-corrected chi connectivity index (χ4v) is 0.853. The molecule has 0 atom stereocenters. The molecule has 0 aliphatic carbocycles. The van der Waals surface area contributed by atoms with Gasteiger partial charge in [0.1, 0.15) is 11.6 Å². The molecule has 0 saturated carbocycles. The van der Waals surface area contributed by atoms with E-state index in [-0.39, 0.29) is 17.0 Å². The molecule has 1 aromatic rings. The molecule has 0 heterocycles. The molecule has 0 unspecified atom stereocenters. The second kappa shape index (κ2) is 3.10. The smallest absolute Gasteiger partial charge is 0.270 e. The number of amidine groups is 1. The van der Waals surface area contributed by atoms with Crippen molar-refractivity contribution < 1.29 is 10.0 Å². The molecule has 13 heavy (non-hydrogen) atoms. The van der Waals surface area contributed by atoms with Crippen LogP contribution in [0.1, 0.15) is 5.56 Å². The third kappa shape index (κ3) is 1.73. The Kier molecular flexibility index (Phi) is 2.14. The van der Waals surface area contributed by atoms with Crippen molar-refractivity contribution in [3.8, 4) is 5.75 Å². The second-order valence-corrected chi connectivity index (χ2v) is 2.37.